The van der Waals surface area contributed by atoms with E-state index in [4.69, 9.17) is 9.47 Å². The lowest BCUT2D eigenvalue weighted by molar-refractivity contribution is 0.129. The maximum atomic E-state index is 12.5. The summed E-state index contributed by atoms with van der Waals surface area (Å²) >= 11 is 0. The largest absolute Gasteiger partial charge is 0.474 e. The van der Waals surface area contributed by atoms with Gasteiger partial charge in [-0.1, -0.05) is 30.3 Å². The fourth-order valence-corrected chi connectivity index (χ4v) is 3.90. The van der Waals surface area contributed by atoms with Crippen molar-refractivity contribution in [3.63, 3.8) is 0 Å². The van der Waals surface area contributed by atoms with Crippen molar-refractivity contribution in [2.24, 2.45) is 0 Å². The van der Waals surface area contributed by atoms with Crippen molar-refractivity contribution in [1.29, 1.82) is 0 Å². The SMILES string of the molecule is COc1nccc(OC2CCN(S(=O)(=O)/C=C/c3ccccc3)CC2)n1. The number of nitrogens with zero attached hydrogens (tertiary/aromatic N) is 3. The van der Waals surface area contributed by atoms with E-state index in [2.05, 4.69) is 9.97 Å². The first-order valence-electron chi connectivity index (χ1n) is 8.34. The zero-order chi connectivity index (χ0) is 18.4. The van der Waals surface area contributed by atoms with Gasteiger partial charge in [-0.25, -0.2) is 13.4 Å². The Morgan fingerprint density at radius 1 is 1.15 bits per heavy atom. The predicted octanol–water partition coefficient (Wildman–Crippen LogP) is 2.33. The minimum atomic E-state index is -3.44. The van der Waals surface area contributed by atoms with E-state index in [0.29, 0.717) is 31.8 Å². The van der Waals surface area contributed by atoms with Gasteiger partial charge in [0.15, 0.2) is 0 Å². The van der Waals surface area contributed by atoms with E-state index in [9.17, 15) is 8.42 Å². The van der Waals surface area contributed by atoms with Crippen LogP contribution >= 0.6 is 0 Å². The highest BCUT2D eigenvalue weighted by atomic mass is 32.2. The Morgan fingerprint density at radius 3 is 2.58 bits per heavy atom. The lowest BCUT2D eigenvalue weighted by Gasteiger charge is -2.30. The molecule has 0 amide bonds. The van der Waals surface area contributed by atoms with E-state index in [1.807, 2.05) is 30.3 Å². The Bertz CT molecular complexity index is 848. The third-order valence-corrected chi connectivity index (χ3v) is 5.64. The molecule has 0 bridgehead atoms. The van der Waals surface area contributed by atoms with E-state index in [-0.39, 0.29) is 12.1 Å². The quantitative estimate of drug-likeness (QED) is 0.771. The molecule has 0 unspecified atom stereocenters. The molecular formula is C18H21N3O4S. The van der Waals surface area contributed by atoms with Crippen LogP contribution in [-0.4, -0.2) is 49.0 Å². The Balaban J connectivity index is 1.56. The van der Waals surface area contributed by atoms with E-state index in [1.165, 1.54) is 16.8 Å². The van der Waals surface area contributed by atoms with Crippen LogP contribution in [0.1, 0.15) is 18.4 Å². The zero-order valence-corrected chi connectivity index (χ0v) is 15.3. The number of benzene rings is 1. The van der Waals surface area contributed by atoms with Crippen LogP contribution < -0.4 is 9.47 Å². The van der Waals surface area contributed by atoms with Gasteiger partial charge in [0.25, 0.3) is 0 Å². The van der Waals surface area contributed by atoms with Crippen LogP contribution in [0.15, 0.2) is 48.0 Å². The van der Waals surface area contributed by atoms with Gasteiger partial charge in [-0.15, -0.1) is 0 Å². The van der Waals surface area contributed by atoms with Gasteiger partial charge in [0.05, 0.1) is 7.11 Å². The smallest absolute Gasteiger partial charge is 0.319 e. The second kappa shape index (κ2) is 8.29. The second-order valence-electron chi connectivity index (χ2n) is 5.86. The van der Waals surface area contributed by atoms with Gasteiger partial charge in [-0.05, 0) is 24.5 Å². The third-order valence-electron chi connectivity index (χ3n) is 4.07. The summed E-state index contributed by atoms with van der Waals surface area (Å²) in [6, 6.07) is 11.3. The molecule has 1 aromatic heterocycles. The number of ether oxygens (including phenoxy) is 2. The average molecular weight is 375 g/mol. The molecule has 3 rings (SSSR count). The van der Waals surface area contributed by atoms with Gasteiger partial charge in [-0.3, -0.25) is 0 Å². The molecule has 0 spiro atoms. The summed E-state index contributed by atoms with van der Waals surface area (Å²) in [6.45, 7) is 0.822. The average Bonchev–Trinajstić information content (AvgIpc) is 2.68. The van der Waals surface area contributed by atoms with Crippen LogP contribution in [0.5, 0.6) is 11.9 Å². The monoisotopic (exact) mass is 375 g/mol. The van der Waals surface area contributed by atoms with Gasteiger partial charge >= 0.3 is 6.01 Å². The van der Waals surface area contributed by atoms with Crippen LogP contribution in [-0.2, 0) is 10.0 Å². The standard InChI is InChI=1S/C18H21N3O4S/c1-24-18-19-11-7-17(20-18)25-16-8-12-21(13-9-16)26(22,23)14-10-15-5-3-2-4-6-15/h2-7,10-11,14,16H,8-9,12-13H2,1H3/b14-10+. The van der Waals surface area contributed by atoms with E-state index < -0.39 is 10.0 Å². The summed E-state index contributed by atoms with van der Waals surface area (Å²) in [4.78, 5) is 8.05. The van der Waals surface area contributed by atoms with Crippen molar-refractivity contribution in [2.75, 3.05) is 20.2 Å². The molecule has 7 nitrogen and oxygen atoms in total. The normalized spacial score (nSPS) is 16.7. The summed E-state index contributed by atoms with van der Waals surface area (Å²) in [5, 5.41) is 1.26. The summed E-state index contributed by atoms with van der Waals surface area (Å²) in [7, 11) is -1.95. The molecule has 0 N–H and O–H groups in total. The summed E-state index contributed by atoms with van der Waals surface area (Å²) < 4.78 is 37.2. The fraction of sp³-hybridized carbons (Fsp3) is 0.333. The van der Waals surface area contributed by atoms with Crippen molar-refractivity contribution in [3.05, 3.63) is 53.6 Å². The van der Waals surface area contributed by atoms with Gasteiger partial charge in [0, 0.05) is 30.8 Å². The van der Waals surface area contributed by atoms with Crippen LogP contribution in [0, 0.1) is 0 Å². The maximum Gasteiger partial charge on any atom is 0.319 e. The number of hydrogen-bond donors (Lipinski definition) is 0. The number of methoxy groups -OCH3 is 1. The van der Waals surface area contributed by atoms with E-state index >= 15 is 0 Å². The maximum absolute atomic E-state index is 12.5. The Kier molecular flexibility index (Phi) is 5.85. The number of piperidine rings is 1. The number of aromatic nitrogens is 2. The highest BCUT2D eigenvalue weighted by molar-refractivity contribution is 7.92. The highest BCUT2D eigenvalue weighted by Crippen LogP contribution is 2.21. The Labute approximate surface area is 153 Å². The first kappa shape index (κ1) is 18.3. The highest BCUT2D eigenvalue weighted by Gasteiger charge is 2.27. The predicted molar refractivity (Wildman–Crippen MR) is 98.2 cm³/mol. The van der Waals surface area contributed by atoms with Crippen molar-refractivity contribution < 1.29 is 17.9 Å². The molecule has 0 aliphatic carbocycles. The van der Waals surface area contributed by atoms with Crippen molar-refractivity contribution in [3.8, 4) is 11.9 Å². The second-order valence-corrected chi connectivity index (χ2v) is 7.67. The van der Waals surface area contributed by atoms with Gasteiger partial charge in [0.2, 0.25) is 15.9 Å². The van der Waals surface area contributed by atoms with Gasteiger partial charge in [-0.2, -0.15) is 9.29 Å². The first-order valence-corrected chi connectivity index (χ1v) is 9.84. The first-order chi connectivity index (χ1) is 12.6. The van der Waals surface area contributed by atoms with E-state index in [0.717, 1.165) is 5.56 Å². The molecule has 26 heavy (non-hydrogen) atoms. The van der Waals surface area contributed by atoms with Crippen LogP contribution in [0.4, 0.5) is 0 Å². The number of sulfonamides is 1. The molecular weight excluding hydrogens is 354 g/mol. The zero-order valence-electron chi connectivity index (χ0n) is 14.5. The fourth-order valence-electron chi connectivity index (χ4n) is 2.68. The topological polar surface area (TPSA) is 81.6 Å². The molecule has 138 valence electrons. The van der Waals surface area contributed by atoms with Gasteiger partial charge < -0.3 is 9.47 Å². The minimum Gasteiger partial charge on any atom is -0.474 e. The van der Waals surface area contributed by atoms with E-state index in [1.54, 1.807) is 18.3 Å². The van der Waals surface area contributed by atoms with Gasteiger partial charge in [0.1, 0.15) is 6.10 Å². The molecule has 1 saturated heterocycles. The van der Waals surface area contributed by atoms with Crippen LogP contribution in [0.2, 0.25) is 0 Å². The molecule has 8 heteroatoms. The summed E-state index contributed by atoms with van der Waals surface area (Å²) in [5.41, 5.74) is 0.854. The summed E-state index contributed by atoms with van der Waals surface area (Å²) in [5.74, 6) is 0.433. The molecule has 1 fully saturated rings. The molecule has 1 aliphatic heterocycles. The number of hydrogen-bond acceptors (Lipinski definition) is 6. The molecule has 1 aliphatic rings. The molecule has 0 radical (unpaired) electrons. The summed E-state index contributed by atoms with van der Waals surface area (Å²) in [6.07, 6.45) is 4.30. The van der Waals surface area contributed by atoms with Crippen molar-refractivity contribution in [2.45, 2.75) is 18.9 Å². The minimum absolute atomic E-state index is 0.0841. The van der Waals surface area contributed by atoms with Crippen LogP contribution in [0.3, 0.4) is 0 Å². The van der Waals surface area contributed by atoms with Crippen molar-refractivity contribution >= 4 is 16.1 Å². The Morgan fingerprint density at radius 2 is 1.88 bits per heavy atom. The molecule has 0 saturated carbocycles. The molecule has 2 heterocycles. The lowest BCUT2D eigenvalue weighted by atomic mass is 10.1. The molecule has 2 aromatic rings. The lowest BCUT2D eigenvalue weighted by Crippen LogP contribution is -2.41. The molecule has 0 atom stereocenters. The third kappa shape index (κ3) is 4.80. The molecule has 1 aromatic carbocycles. The van der Waals surface area contributed by atoms with Crippen LogP contribution in [0.25, 0.3) is 6.08 Å². The Hall–Kier alpha value is -2.45. The number of rotatable bonds is 6. The van der Waals surface area contributed by atoms with Crippen molar-refractivity contribution in [1.82, 2.24) is 14.3 Å².